The van der Waals surface area contributed by atoms with Crippen LogP contribution in [0.2, 0.25) is 0 Å². The lowest BCUT2D eigenvalue weighted by atomic mass is 9.93. The maximum absolute atomic E-state index is 13.0. The number of carbonyl (C=O) groups excluding carboxylic acids is 1. The number of rotatable bonds is 4. The van der Waals surface area contributed by atoms with Crippen LogP contribution in [0.25, 0.3) is 10.8 Å². The Morgan fingerprint density at radius 1 is 1.23 bits per heavy atom. The van der Waals surface area contributed by atoms with Gasteiger partial charge in [0.2, 0.25) is 0 Å². The molecule has 1 aliphatic rings. The maximum atomic E-state index is 13.0. The molecule has 1 N–H and O–H groups in total. The van der Waals surface area contributed by atoms with Gasteiger partial charge in [0.25, 0.3) is 5.91 Å². The predicted molar refractivity (Wildman–Crippen MR) is 99.8 cm³/mol. The van der Waals surface area contributed by atoms with Gasteiger partial charge in [-0.1, -0.05) is 31.2 Å². The molecule has 1 saturated heterocycles. The fourth-order valence-corrected chi connectivity index (χ4v) is 3.64. The highest BCUT2D eigenvalue weighted by molar-refractivity contribution is 6.05. The average Bonchev–Trinajstić information content (AvgIpc) is 3.15. The van der Waals surface area contributed by atoms with Crippen LogP contribution >= 0.6 is 0 Å². The van der Waals surface area contributed by atoms with Crippen LogP contribution in [-0.4, -0.2) is 44.1 Å². The highest BCUT2D eigenvalue weighted by atomic mass is 16.2. The Morgan fingerprint density at radius 3 is 2.81 bits per heavy atom. The molecule has 1 aromatic carbocycles. The minimum absolute atomic E-state index is 0.0354. The number of nitrogens with one attached hydrogen (secondary N) is 1. The number of fused-ring (bicyclic) bond motifs is 1. The Balaban J connectivity index is 1.41. The molecular formula is C20H23N5O. The second kappa shape index (κ2) is 7.23. The van der Waals surface area contributed by atoms with Crippen LogP contribution in [0, 0.1) is 5.92 Å². The van der Waals surface area contributed by atoms with E-state index in [0.29, 0.717) is 11.6 Å². The van der Waals surface area contributed by atoms with E-state index in [4.69, 9.17) is 0 Å². The second-order valence-electron chi connectivity index (χ2n) is 6.87. The minimum atomic E-state index is 0.0354. The largest absolute Gasteiger partial charge is 0.337 e. The zero-order valence-electron chi connectivity index (χ0n) is 15.0. The third-order valence-corrected chi connectivity index (χ3v) is 5.15. The summed E-state index contributed by atoms with van der Waals surface area (Å²) in [5.74, 6) is 2.40. The summed E-state index contributed by atoms with van der Waals surface area (Å²) in [7, 11) is 0. The number of hydrogen-bond acceptors (Lipinski definition) is 4. The molecule has 0 bridgehead atoms. The number of H-pyrrole nitrogens is 1. The van der Waals surface area contributed by atoms with Crippen molar-refractivity contribution in [3.63, 3.8) is 0 Å². The molecule has 1 amide bonds. The Kier molecular flexibility index (Phi) is 4.65. The van der Waals surface area contributed by atoms with Gasteiger partial charge in [0.1, 0.15) is 17.3 Å². The molecule has 4 rings (SSSR count). The summed E-state index contributed by atoms with van der Waals surface area (Å²) in [5, 5.41) is 9.22. The smallest absolute Gasteiger partial charge is 0.273 e. The van der Waals surface area contributed by atoms with E-state index in [-0.39, 0.29) is 5.91 Å². The Morgan fingerprint density at radius 2 is 2.04 bits per heavy atom. The monoisotopic (exact) mass is 349 g/mol. The van der Waals surface area contributed by atoms with E-state index < -0.39 is 0 Å². The molecule has 6 nitrogen and oxygen atoms in total. The van der Waals surface area contributed by atoms with Gasteiger partial charge < -0.3 is 4.90 Å². The Labute approximate surface area is 152 Å². The maximum Gasteiger partial charge on any atom is 0.273 e. The van der Waals surface area contributed by atoms with Crippen molar-refractivity contribution in [1.29, 1.82) is 0 Å². The highest BCUT2D eigenvalue weighted by Crippen LogP contribution is 2.23. The van der Waals surface area contributed by atoms with E-state index in [2.05, 4.69) is 27.1 Å². The molecule has 0 unspecified atom stereocenters. The fraction of sp³-hybridized carbons (Fsp3) is 0.400. The van der Waals surface area contributed by atoms with Crippen LogP contribution < -0.4 is 0 Å². The van der Waals surface area contributed by atoms with Crippen molar-refractivity contribution in [2.24, 2.45) is 5.92 Å². The van der Waals surface area contributed by atoms with Crippen molar-refractivity contribution in [2.75, 3.05) is 13.1 Å². The van der Waals surface area contributed by atoms with E-state index >= 15 is 0 Å². The standard InChI is InChI=1S/C20H23N5O/c1-2-17-22-18(24-23-17)13-14-8-11-25(12-9-14)20(26)19-16-6-4-3-5-15(16)7-10-21-19/h3-7,10,14H,2,8-9,11-13H2,1H3,(H,22,23,24). The SMILES string of the molecule is CCc1n[nH]c(CC2CCN(C(=O)c3nccc4ccccc34)CC2)n1. The minimum Gasteiger partial charge on any atom is -0.337 e. The highest BCUT2D eigenvalue weighted by Gasteiger charge is 2.26. The topological polar surface area (TPSA) is 74.8 Å². The van der Waals surface area contributed by atoms with Crippen LogP contribution in [0.15, 0.2) is 36.5 Å². The van der Waals surface area contributed by atoms with Crippen molar-refractivity contribution in [2.45, 2.75) is 32.6 Å². The van der Waals surface area contributed by atoms with E-state index in [1.54, 1.807) is 6.20 Å². The zero-order chi connectivity index (χ0) is 17.9. The number of piperidine rings is 1. The first-order valence-electron chi connectivity index (χ1n) is 9.27. The summed E-state index contributed by atoms with van der Waals surface area (Å²) in [6.45, 7) is 3.59. The van der Waals surface area contributed by atoms with Crippen LogP contribution in [0.3, 0.4) is 0 Å². The van der Waals surface area contributed by atoms with Crippen LogP contribution in [0.1, 0.15) is 41.9 Å². The normalized spacial score (nSPS) is 15.5. The van der Waals surface area contributed by atoms with Crippen molar-refractivity contribution in [3.05, 3.63) is 53.9 Å². The Bertz CT molecular complexity index is 906. The molecule has 3 heterocycles. The molecule has 3 aromatic rings. The van der Waals surface area contributed by atoms with Gasteiger partial charge >= 0.3 is 0 Å². The molecule has 0 saturated carbocycles. The Hall–Kier alpha value is -2.76. The third-order valence-electron chi connectivity index (χ3n) is 5.15. The lowest BCUT2D eigenvalue weighted by Gasteiger charge is -2.31. The van der Waals surface area contributed by atoms with Crippen molar-refractivity contribution in [1.82, 2.24) is 25.1 Å². The number of amides is 1. The lowest BCUT2D eigenvalue weighted by molar-refractivity contribution is 0.0686. The molecule has 26 heavy (non-hydrogen) atoms. The van der Waals surface area contributed by atoms with Crippen molar-refractivity contribution >= 4 is 16.7 Å². The van der Waals surface area contributed by atoms with Gasteiger partial charge in [-0.05, 0) is 30.2 Å². The van der Waals surface area contributed by atoms with Gasteiger partial charge in [0.15, 0.2) is 0 Å². The molecule has 1 aliphatic heterocycles. The quantitative estimate of drug-likeness (QED) is 0.786. The van der Waals surface area contributed by atoms with Gasteiger partial charge in [0, 0.05) is 37.5 Å². The molecule has 0 radical (unpaired) electrons. The van der Waals surface area contributed by atoms with Gasteiger partial charge in [0.05, 0.1) is 0 Å². The summed E-state index contributed by atoms with van der Waals surface area (Å²) < 4.78 is 0. The molecule has 1 fully saturated rings. The number of benzene rings is 1. The molecule has 6 heteroatoms. The number of hydrogen-bond donors (Lipinski definition) is 1. The van der Waals surface area contributed by atoms with Crippen LogP contribution in [0.5, 0.6) is 0 Å². The number of carbonyl (C=O) groups is 1. The molecule has 0 aliphatic carbocycles. The number of aryl methyl sites for hydroxylation is 1. The van der Waals surface area contributed by atoms with Gasteiger partial charge in [-0.3, -0.25) is 14.9 Å². The van der Waals surface area contributed by atoms with E-state index in [0.717, 1.165) is 61.2 Å². The van der Waals surface area contributed by atoms with Gasteiger partial charge in [-0.15, -0.1) is 0 Å². The van der Waals surface area contributed by atoms with Crippen molar-refractivity contribution in [3.8, 4) is 0 Å². The van der Waals surface area contributed by atoms with Crippen LogP contribution in [0.4, 0.5) is 0 Å². The first kappa shape index (κ1) is 16.7. The summed E-state index contributed by atoms with van der Waals surface area (Å²) in [4.78, 5) is 23.8. The van der Waals surface area contributed by atoms with Gasteiger partial charge in [-0.2, -0.15) is 5.10 Å². The van der Waals surface area contributed by atoms with E-state index in [1.165, 1.54) is 0 Å². The van der Waals surface area contributed by atoms with Crippen molar-refractivity contribution < 1.29 is 4.79 Å². The van der Waals surface area contributed by atoms with Crippen LogP contribution in [-0.2, 0) is 12.8 Å². The van der Waals surface area contributed by atoms with E-state index in [1.807, 2.05) is 35.2 Å². The summed E-state index contributed by atoms with van der Waals surface area (Å²) >= 11 is 0. The van der Waals surface area contributed by atoms with Gasteiger partial charge in [-0.25, -0.2) is 4.98 Å². The van der Waals surface area contributed by atoms with E-state index in [9.17, 15) is 4.79 Å². The molecule has 0 spiro atoms. The molecule has 134 valence electrons. The second-order valence-corrected chi connectivity index (χ2v) is 6.87. The first-order valence-corrected chi connectivity index (χ1v) is 9.27. The summed E-state index contributed by atoms with van der Waals surface area (Å²) in [5.41, 5.74) is 0.560. The lowest BCUT2D eigenvalue weighted by Crippen LogP contribution is -2.39. The molecule has 2 aromatic heterocycles. The zero-order valence-corrected chi connectivity index (χ0v) is 15.0. The summed E-state index contributed by atoms with van der Waals surface area (Å²) in [6, 6.07) is 9.87. The number of pyridine rings is 1. The molecular weight excluding hydrogens is 326 g/mol. The molecule has 0 atom stereocenters. The average molecular weight is 349 g/mol. The third kappa shape index (κ3) is 3.31. The summed E-state index contributed by atoms with van der Waals surface area (Å²) in [6.07, 6.45) is 5.44. The fourth-order valence-electron chi connectivity index (χ4n) is 3.64. The number of aromatic amines is 1. The predicted octanol–water partition coefficient (Wildman–Crippen LogP) is 3.01. The number of nitrogens with zero attached hydrogens (tertiary/aromatic N) is 4. The number of aromatic nitrogens is 4. The first-order chi connectivity index (χ1) is 12.7. The number of likely N-dealkylation sites (tertiary alicyclic amines) is 1.